The number of halogens is 2. The lowest BCUT2D eigenvalue weighted by atomic mass is 9.93. The predicted molar refractivity (Wildman–Crippen MR) is 75.4 cm³/mol. The molecule has 2 nitrogen and oxygen atoms in total. The number of alkyl halides is 2. The normalized spacial score (nSPS) is 19.2. The largest absolute Gasteiger partial charge is 0.381 e. The molecule has 1 aromatic rings. The van der Waals surface area contributed by atoms with Crippen LogP contribution in [0.15, 0.2) is 12.1 Å². The van der Waals surface area contributed by atoms with Gasteiger partial charge in [-0.15, -0.1) is 0 Å². The van der Waals surface area contributed by atoms with Gasteiger partial charge >= 0.3 is 0 Å². The van der Waals surface area contributed by atoms with Crippen molar-refractivity contribution in [2.45, 2.75) is 57.8 Å². The van der Waals surface area contributed by atoms with Crippen LogP contribution in [-0.4, -0.2) is 24.6 Å². The monoisotopic (exact) mass is 283 g/mol. The number of pyridine rings is 1. The lowest BCUT2D eigenvalue weighted by Gasteiger charge is -2.16. The Morgan fingerprint density at radius 3 is 2.75 bits per heavy atom. The van der Waals surface area contributed by atoms with Gasteiger partial charge in [0.1, 0.15) is 0 Å². The smallest absolute Gasteiger partial charge is 0.238 e. The van der Waals surface area contributed by atoms with Crippen molar-refractivity contribution in [2.75, 3.05) is 13.2 Å². The fourth-order valence-electron chi connectivity index (χ4n) is 2.63. The third kappa shape index (κ3) is 3.98. The highest BCUT2D eigenvalue weighted by Crippen LogP contribution is 2.29. The third-order valence-electron chi connectivity index (χ3n) is 3.83. The Bertz CT molecular complexity index is 428. The summed E-state index contributed by atoms with van der Waals surface area (Å²) >= 11 is 0. The molecule has 0 saturated carbocycles. The van der Waals surface area contributed by atoms with Crippen molar-refractivity contribution >= 4 is 0 Å². The quantitative estimate of drug-likeness (QED) is 0.776. The third-order valence-corrected chi connectivity index (χ3v) is 3.83. The molecule has 0 bridgehead atoms. The predicted octanol–water partition coefficient (Wildman–Crippen LogP) is 4.30. The van der Waals surface area contributed by atoms with E-state index in [1.54, 1.807) is 0 Å². The average Bonchev–Trinajstić information content (AvgIpc) is 2.91. The van der Waals surface area contributed by atoms with Gasteiger partial charge in [-0.2, -0.15) is 0 Å². The van der Waals surface area contributed by atoms with Crippen molar-refractivity contribution in [2.24, 2.45) is 0 Å². The van der Waals surface area contributed by atoms with Crippen molar-refractivity contribution in [1.82, 2.24) is 4.98 Å². The fraction of sp³-hybridized carbons (Fsp3) is 0.688. The number of hydrogen-bond donors (Lipinski definition) is 0. The molecule has 4 heteroatoms. The van der Waals surface area contributed by atoms with Crippen LogP contribution >= 0.6 is 0 Å². The molecule has 1 aliphatic rings. The second-order valence-corrected chi connectivity index (χ2v) is 5.77. The standard InChI is InChI=1S/C16H23F2NO/c1-11(2)14-7-6-13(12-8-9-20-10-12)15(19-14)4-3-5-16(17)18/h6-7,11-12,16H,3-5,8-10H2,1-2H3/t12-/m1/s1. The highest BCUT2D eigenvalue weighted by atomic mass is 19.3. The molecule has 0 unspecified atom stereocenters. The van der Waals surface area contributed by atoms with Gasteiger partial charge in [-0.05, 0) is 36.8 Å². The maximum atomic E-state index is 12.3. The van der Waals surface area contributed by atoms with Gasteiger partial charge in [0.25, 0.3) is 0 Å². The van der Waals surface area contributed by atoms with Crippen LogP contribution in [0.1, 0.15) is 61.9 Å². The number of aromatic nitrogens is 1. The van der Waals surface area contributed by atoms with Gasteiger partial charge < -0.3 is 4.74 Å². The maximum absolute atomic E-state index is 12.3. The molecule has 1 fully saturated rings. The molecule has 2 heterocycles. The zero-order valence-corrected chi connectivity index (χ0v) is 12.2. The zero-order chi connectivity index (χ0) is 14.5. The van der Waals surface area contributed by atoms with Crippen LogP contribution in [0.25, 0.3) is 0 Å². The summed E-state index contributed by atoms with van der Waals surface area (Å²) in [5.74, 6) is 0.739. The molecule has 0 radical (unpaired) electrons. The van der Waals surface area contributed by atoms with E-state index < -0.39 is 6.43 Å². The lowest BCUT2D eigenvalue weighted by molar-refractivity contribution is 0.135. The fourth-order valence-corrected chi connectivity index (χ4v) is 2.63. The summed E-state index contributed by atoms with van der Waals surface area (Å²) in [6, 6.07) is 4.19. The van der Waals surface area contributed by atoms with Crippen LogP contribution in [0.5, 0.6) is 0 Å². The minimum absolute atomic E-state index is 0.0474. The van der Waals surface area contributed by atoms with Gasteiger partial charge in [0, 0.05) is 30.3 Å². The zero-order valence-electron chi connectivity index (χ0n) is 12.2. The second kappa shape index (κ2) is 7.11. The highest BCUT2D eigenvalue weighted by molar-refractivity contribution is 5.28. The first-order valence-corrected chi connectivity index (χ1v) is 7.43. The Morgan fingerprint density at radius 1 is 1.35 bits per heavy atom. The van der Waals surface area contributed by atoms with Crippen molar-refractivity contribution in [3.05, 3.63) is 29.1 Å². The number of hydrogen-bond acceptors (Lipinski definition) is 2. The Kier molecular flexibility index (Phi) is 5.46. The Balaban J connectivity index is 2.16. The summed E-state index contributed by atoms with van der Waals surface area (Å²) in [6.45, 7) is 5.71. The molecule has 1 aromatic heterocycles. The van der Waals surface area contributed by atoms with E-state index in [0.29, 0.717) is 24.7 Å². The van der Waals surface area contributed by atoms with Gasteiger partial charge in [0.15, 0.2) is 0 Å². The maximum Gasteiger partial charge on any atom is 0.238 e. The van der Waals surface area contributed by atoms with Gasteiger partial charge in [0.05, 0.1) is 6.61 Å². The van der Waals surface area contributed by atoms with E-state index in [-0.39, 0.29) is 6.42 Å². The van der Waals surface area contributed by atoms with Crippen LogP contribution in [0, 0.1) is 0 Å². The number of ether oxygens (including phenoxy) is 1. The van der Waals surface area contributed by atoms with Crippen molar-refractivity contribution in [3.63, 3.8) is 0 Å². The summed E-state index contributed by atoms with van der Waals surface area (Å²) in [4.78, 5) is 4.71. The summed E-state index contributed by atoms with van der Waals surface area (Å²) in [6.07, 6.45) is -0.135. The van der Waals surface area contributed by atoms with Crippen LogP contribution < -0.4 is 0 Å². The topological polar surface area (TPSA) is 22.1 Å². The first-order valence-electron chi connectivity index (χ1n) is 7.43. The molecule has 0 aromatic carbocycles. The summed E-state index contributed by atoms with van der Waals surface area (Å²) in [5.41, 5.74) is 3.23. The minimum Gasteiger partial charge on any atom is -0.381 e. The van der Waals surface area contributed by atoms with E-state index in [1.807, 2.05) is 0 Å². The van der Waals surface area contributed by atoms with E-state index in [9.17, 15) is 8.78 Å². The molecule has 0 spiro atoms. The molecule has 0 aliphatic carbocycles. The lowest BCUT2D eigenvalue weighted by Crippen LogP contribution is -2.08. The first-order chi connectivity index (χ1) is 9.58. The van der Waals surface area contributed by atoms with Crippen LogP contribution in [0.4, 0.5) is 8.78 Å². The summed E-state index contributed by atoms with van der Waals surface area (Å²) in [5, 5.41) is 0. The van der Waals surface area contributed by atoms with E-state index >= 15 is 0 Å². The van der Waals surface area contributed by atoms with Crippen molar-refractivity contribution < 1.29 is 13.5 Å². The van der Waals surface area contributed by atoms with E-state index in [4.69, 9.17) is 9.72 Å². The Hall–Kier alpha value is -1.03. The molecular formula is C16H23F2NO. The van der Waals surface area contributed by atoms with E-state index in [2.05, 4.69) is 26.0 Å². The molecule has 2 rings (SSSR count). The van der Waals surface area contributed by atoms with Crippen molar-refractivity contribution in [1.29, 1.82) is 0 Å². The Morgan fingerprint density at radius 2 is 2.15 bits per heavy atom. The molecular weight excluding hydrogens is 260 g/mol. The summed E-state index contributed by atoms with van der Waals surface area (Å²) in [7, 11) is 0. The van der Waals surface area contributed by atoms with E-state index in [0.717, 1.165) is 31.0 Å². The van der Waals surface area contributed by atoms with Crippen molar-refractivity contribution in [3.8, 4) is 0 Å². The van der Waals surface area contributed by atoms with Crippen LogP contribution in [0.2, 0.25) is 0 Å². The molecule has 0 N–H and O–H groups in total. The second-order valence-electron chi connectivity index (χ2n) is 5.77. The SMILES string of the molecule is CC(C)c1ccc([C@@H]2CCOC2)c(CCCC(F)F)n1. The van der Waals surface area contributed by atoms with Crippen LogP contribution in [0.3, 0.4) is 0 Å². The summed E-state index contributed by atoms with van der Waals surface area (Å²) < 4.78 is 30.1. The van der Waals surface area contributed by atoms with Gasteiger partial charge in [-0.25, -0.2) is 8.78 Å². The average molecular weight is 283 g/mol. The van der Waals surface area contributed by atoms with Gasteiger partial charge in [-0.3, -0.25) is 4.98 Å². The Labute approximate surface area is 119 Å². The first kappa shape index (κ1) is 15.4. The molecule has 20 heavy (non-hydrogen) atoms. The van der Waals surface area contributed by atoms with Gasteiger partial charge in [-0.1, -0.05) is 19.9 Å². The number of nitrogens with zero attached hydrogens (tertiary/aromatic N) is 1. The number of aryl methyl sites for hydroxylation is 1. The molecule has 1 saturated heterocycles. The number of rotatable bonds is 6. The van der Waals surface area contributed by atoms with Gasteiger partial charge in [0.2, 0.25) is 6.43 Å². The molecule has 0 amide bonds. The minimum atomic E-state index is -2.22. The molecule has 1 atom stereocenters. The molecule has 1 aliphatic heterocycles. The van der Waals surface area contributed by atoms with E-state index in [1.165, 1.54) is 5.56 Å². The molecule has 112 valence electrons. The highest BCUT2D eigenvalue weighted by Gasteiger charge is 2.22. The van der Waals surface area contributed by atoms with Crippen LogP contribution in [-0.2, 0) is 11.2 Å².